The molecule has 0 fully saturated rings. The molecule has 2 N–H and O–H groups in total. The summed E-state index contributed by atoms with van der Waals surface area (Å²) in [5.74, 6) is 0.649. The Balaban J connectivity index is 0.00000112. The van der Waals surface area contributed by atoms with Crippen molar-refractivity contribution in [3.8, 4) is 0 Å². The third-order valence-electron chi connectivity index (χ3n) is 2.08. The van der Waals surface area contributed by atoms with Crippen LogP contribution in [0.4, 0.5) is 0 Å². The van der Waals surface area contributed by atoms with E-state index in [4.69, 9.17) is 10.2 Å². The Hall–Kier alpha value is -1.32. The zero-order chi connectivity index (χ0) is 9.97. The molecule has 0 radical (unpaired) electrons. The molecular formula is C11H12ClNO2. The van der Waals surface area contributed by atoms with Crippen LogP contribution < -0.4 is 11.2 Å². The number of benzene rings is 1. The van der Waals surface area contributed by atoms with Crippen LogP contribution in [-0.4, -0.2) is 6.54 Å². The van der Waals surface area contributed by atoms with E-state index in [9.17, 15) is 4.79 Å². The topological polar surface area (TPSA) is 56.2 Å². The van der Waals surface area contributed by atoms with Gasteiger partial charge in [-0.1, -0.05) is 12.1 Å². The molecule has 2 aromatic rings. The third-order valence-corrected chi connectivity index (χ3v) is 2.08. The van der Waals surface area contributed by atoms with E-state index >= 15 is 0 Å². The molecule has 0 saturated carbocycles. The van der Waals surface area contributed by atoms with Crippen LogP contribution in [0.15, 0.2) is 39.5 Å². The lowest BCUT2D eigenvalue weighted by Gasteiger charge is -2.00. The van der Waals surface area contributed by atoms with Crippen molar-refractivity contribution in [1.82, 2.24) is 0 Å². The van der Waals surface area contributed by atoms with Crippen LogP contribution in [0.3, 0.4) is 0 Å². The Labute approximate surface area is 93.3 Å². The molecule has 0 aliphatic rings. The fourth-order valence-electron chi connectivity index (χ4n) is 1.42. The molecule has 1 aromatic heterocycles. The average molecular weight is 226 g/mol. The van der Waals surface area contributed by atoms with Gasteiger partial charge in [-0.05, 0) is 18.7 Å². The summed E-state index contributed by atoms with van der Waals surface area (Å²) in [6.45, 7) is 0.487. The van der Waals surface area contributed by atoms with Gasteiger partial charge in [0.1, 0.15) is 11.3 Å². The van der Waals surface area contributed by atoms with Crippen LogP contribution in [0, 0.1) is 0 Å². The van der Waals surface area contributed by atoms with Gasteiger partial charge in [0.15, 0.2) is 5.43 Å². The summed E-state index contributed by atoms with van der Waals surface area (Å²) >= 11 is 0. The van der Waals surface area contributed by atoms with Gasteiger partial charge in [0.05, 0.1) is 5.39 Å². The fraction of sp³-hybridized carbons (Fsp3) is 0.182. The summed E-state index contributed by atoms with van der Waals surface area (Å²) in [7, 11) is 0. The molecule has 1 aromatic carbocycles. The quantitative estimate of drug-likeness (QED) is 0.847. The normalized spacial score (nSPS) is 9.93. The van der Waals surface area contributed by atoms with Gasteiger partial charge in [-0.15, -0.1) is 12.4 Å². The summed E-state index contributed by atoms with van der Waals surface area (Å²) in [6.07, 6.45) is 0.597. The van der Waals surface area contributed by atoms with Crippen molar-refractivity contribution >= 4 is 23.4 Å². The molecule has 0 bridgehead atoms. The number of rotatable bonds is 2. The van der Waals surface area contributed by atoms with Crippen molar-refractivity contribution in [1.29, 1.82) is 0 Å². The monoisotopic (exact) mass is 225 g/mol. The van der Waals surface area contributed by atoms with Gasteiger partial charge in [0.2, 0.25) is 0 Å². The van der Waals surface area contributed by atoms with E-state index < -0.39 is 0 Å². The third kappa shape index (κ3) is 2.37. The lowest BCUT2D eigenvalue weighted by molar-refractivity contribution is 0.537. The van der Waals surface area contributed by atoms with E-state index in [1.54, 1.807) is 12.1 Å². The molecule has 0 unspecified atom stereocenters. The Morgan fingerprint density at radius 1 is 1.27 bits per heavy atom. The average Bonchev–Trinajstić information content (AvgIpc) is 2.18. The van der Waals surface area contributed by atoms with Crippen molar-refractivity contribution in [2.75, 3.05) is 6.54 Å². The number of hydrogen-bond acceptors (Lipinski definition) is 3. The maximum Gasteiger partial charge on any atom is 0.192 e. The lowest BCUT2D eigenvalue weighted by Crippen LogP contribution is -2.07. The smallest absolute Gasteiger partial charge is 0.192 e. The number of nitrogens with two attached hydrogens (primary N) is 1. The highest BCUT2D eigenvalue weighted by Crippen LogP contribution is 2.11. The van der Waals surface area contributed by atoms with Crippen molar-refractivity contribution in [2.24, 2.45) is 5.73 Å². The zero-order valence-corrected chi connectivity index (χ0v) is 8.92. The Kier molecular flexibility index (Phi) is 3.88. The minimum atomic E-state index is -0.00435. The minimum Gasteiger partial charge on any atom is -0.461 e. The number of hydrogen-bond donors (Lipinski definition) is 1. The van der Waals surface area contributed by atoms with Crippen molar-refractivity contribution in [3.63, 3.8) is 0 Å². The second-order valence-electron chi connectivity index (χ2n) is 3.11. The van der Waals surface area contributed by atoms with Crippen molar-refractivity contribution in [3.05, 3.63) is 46.3 Å². The SMILES string of the molecule is Cl.NCCc1cc(=O)c2ccccc2o1. The molecular weight excluding hydrogens is 214 g/mol. The van der Waals surface area contributed by atoms with Gasteiger partial charge >= 0.3 is 0 Å². The van der Waals surface area contributed by atoms with Crippen LogP contribution in [0.5, 0.6) is 0 Å². The molecule has 2 rings (SSSR count). The van der Waals surface area contributed by atoms with Crippen LogP contribution >= 0.6 is 12.4 Å². The Morgan fingerprint density at radius 2 is 2.00 bits per heavy atom. The van der Waals surface area contributed by atoms with Crippen molar-refractivity contribution in [2.45, 2.75) is 6.42 Å². The van der Waals surface area contributed by atoms with E-state index in [-0.39, 0.29) is 17.8 Å². The van der Waals surface area contributed by atoms with Gasteiger partial charge in [-0.2, -0.15) is 0 Å². The van der Waals surface area contributed by atoms with Crippen LogP contribution in [0.25, 0.3) is 11.0 Å². The van der Waals surface area contributed by atoms with Gasteiger partial charge in [-0.3, -0.25) is 4.79 Å². The fourth-order valence-corrected chi connectivity index (χ4v) is 1.42. The van der Waals surface area contributed by atoms with Gasteiger partial charge in [0.25, 0.3) is 0 Å². The molecule has 0 aliphatic carbocycles. The van der Waals surface area contributed by atoms with E-state index in [1.165, 1.54) is 6.07 Å². The summed E-state index contributed by atoms with van der Waals surface area (Å²) in [6, 6.07) is 8.72. The maximum atomic E-state index is 11.6. The van der Waals surface area contributed by atoms with Gasteiger partial charge in [0, 0.05) is 12.5 Å². The molecule has 0 aliphatic heterocycles. The number of fused-ring (bicyclic) bond motifs is 1. The zero-order valence-electron chi connectivity index (χ0n) is 8.10. The van der Waals surface area contributed by atoms with Crippen LogP contribution in [0.2, 0.25) is 0 Å². The Morgan fingerprint density at radius 3 is 2.73 bits per heavy atom. The highest BCUT2D eigenvalue weighted by Gasteiger charge is 2.02. The van der Waals surface area contributed by atoms with E-state index in [1.807, 2.05) is 12.1 Å². The predicted octanol–water partition coefficient (Wildman–Crippen LogP) is 1.72. The Bertz CT molecular complexity index is 507. The molecule has 0 atom stereocenters. The van der Waals surface area contributed by atoms with E-state index in [0.29, 0.717) is 29.7 Å². The van der Waals surface area contributed by atoms with Crippen molar-refractivity contribution < 1.29 is 4.42 Å². The standard InChI is InChI=1S/C11H11NO2.ClH/c12-6-5-8-7-10(13)9-3-1-2-4-11(9)14-8;/h1-4,7H,5-6,12H2;1H. The summed E-state index contributed by atoms with van der Waals surface area (Å²) in [5, 5.41) is 0.619. The molecule has 4 heteroatoms. The van der Waals surface area contributed by atoms with Gasteiger partial charge < -0.3 is 10.2 Å². The lowest BCUT2D eigenvalue weighted by atomic mass is 10.2. The number of halogens is 1. The maximum absolute atomic E-state index is 11.6. The predicted molar refractivity (Wildman–Crippen MR) is 62.5 cm³/mol. The van der Waals surface area contributed by atoms with Gasteiger partial charge in [-0.25, -0.2) is 0 Å². The summed E-state index contributed by atoms with van der Waals surface area (Å²) < 4.78 is 5.50. The number of para-hydroxylation sites is 1. The summed E-state index contributed by atoms with van der Waals surface area (Å²) in [5.41, 5.74) is 6.02. The first kappa shape index (κ1) is 11.8. The summed E-state index contributed by atoms with van der Waals surface area (Å²) in [4.78, 5) is 11.6. The largest absolute Gasteiger partial charge is 0.461 e. The van der Waals surface area contributed by atoms with Crippen LogP contribution in [0.1, 0.15) is 5.76 Å². The molecule has 3 nitrogen and oxygen atoms in total. The first-order valence-electron chi connectivity index (χ1n) is 4.53. The minimum absolute atomic E-state index is 0. The molecule has 0 saturated heterocycles. The van der Waals surface area contributed by atoms with Crippen LogP contribution in [-0.2, 0) is 6.42 Å². The highest BCUT2D eigenvalue weighted by atomic mass is 35.5. The molecule has 15 heavy (non-hydrogen) atoms. The molecule has 0 amide bonds. The van der Waals surface area contributed by atoms with E-state index in [2.05, 4.69) is 0 Å². The first-order valence-corrected chi connectivity index (χ1v) is 4.53. The first-order chi connectivity index (χ1) is 6.81. The van der Waals surface area contributed by atoms with E-state index in [0.717, 1.165) is 0 Å². The molecule has 80 valence electrons. The molecule has 0 spiro atoms. The second kappa shape index (κ2) is 4.96. The highest BCUT2D eigenvalue weighted by molar-refractivity contribution is 5.85. The second-order valence-corrected chi connectivity index (χ2v) is 3.11. The molecule has 1 heterocycles.